The summed E-state index contributed by atoms with van der Waals surface area (Å²) in [4.78, 5) is 19.9. The van der Waals surface area contributed by atoms with Gasteiger partial charge in [0, 0.05) is 5.39 Å². The molecule has 0 aliphatic heterocycles. The topological polar surface area (TPSA) is 67.5 Å². The number of carboxylic acid groups (broad SMARTS) is 1. The molecule has 0 spiro atoms. The Labute approximate surface area is 117 Å². The van der Waals surface area contributed by atoms with Crippen molar-refractivity contribution in [3.05, 3.63) is 54.0 Å². The molecule has 5 nitrogen and oxygen atoms in total. The van der Waals surface area contributed by atoms with Crippen LogP contribution in [-0.4, -0.2) is 25.4 Å². The number of aromatic carboxylic acids is 1. The van der Waals surface area contributed by atoms with Crippen molar-refractivity contribution in [1.29, 1.82) is 0 Å². The number of rotatable bonds is 1. The van der Waals surface area contributed by atoms with Crippen molar-refractivity contribution in [2.45, 2.75) is 0 Å². The molecule has 4 rings (SSSR count). The fourth-order valence-corrected chi connectivity index (χ4v) is 2.54. The summed E-state index contributed by atoms with van der Waals surface area (Å²) >= 11 is 0. The third-order valence-electron chi connectivity index (χ3n) is 3.41. The quantitative estimate of drug-likeness (QED) is 0.582. The monoisotopic (exact) mass is 281 g/mol. The first-order valence-electron chi connectivity index (χ1n) is 6.24. The number of nitrogens with zero attached hydrogens (tertiary/aromatic N) is 3. The highest BCUT2D eigenvalue weighted by molar-refractivity contribution is 6.02. The van der Waals surface area contributed by atoms with Crippen LogP contribution < -0.4 is 0 Å². The molecule has 0 radical (unpaired) electrons. The molecular formula is C15H8FN3O2. The van der Waals surface area contributed by atoms with Crippen molar-refractivity contribution in [1.82, 2.24) is 14.4 Å². The van der Waals surface area contributed by atoms with Crippen molar-refractivity contribution >= 4 is 33.7 Å². The number of carboxylic acids is 1. The second kappa shape index (κ2) is 3.99. The van der Waals surface area contributed by atoms with E-state index in [9.17, 15) is 14.3 Å². The zero-order chi connectivity index (χ0) is 14.6. The maximum atomic E-state index is 13.4. The Bertz CT molecular complexity index is 1040. The second-order valence-corrected chi connectivity index (χ2v) is 4.69. The van der Waals surface area contributed by atoms with Gasteiger partial charge in [-0.2, -0.15) is 0 Å². The van der Waals surface area contributed by atoms with Gasteiger partial charge in [0.2, 0.25) is 0 Å². The van der Waals surface area contributed by atoms with E-state index in [2.05, 4.69) is 9.97 Å². The summed E-state index contributed by atoms with van der Waals surface area (Å²) in [6, 6.07) is 9.94. The molecule has 3 heterocycles. The molecule has 1 N–H and O–H groups in total. The summed E-state index contributed by atoms with van der Waals surface area (Å²) < 4.78 is 15.0. The van der Waals surface area contributed by atoms with Crippen LogP contribution >= 0.6 is 0 Å². The first-order valence-corrected chi connectivity index (χ1v) is 6.24. The smallest absolute Gasteiger partial charge is 0.339 e. The average molecular weight is 281 g/mol. The van der Waals surface area contributed by atoms with Crippen LogP contribution in [-0.2, 0) is 0 Å². The van der Waals surface area contributed by atoms with Gasteiger partial charge >= 0.3 is 5.97 Å². The van der Waals surface area contributed by atoms with E-state index in [0.717, 1.165) is 11.7 Å². The highest BCUT2D eigenvalue weighted by Crippen LogP contribution is 2.25. The van der Waals surface area contributed by atoms with Crippen LogP contribution in [0.2, 0.25) is 0 Å². The standard InChI is InChI=1S/C15H8FN3O2/c16-9-5-8-6-10(15(20)21)14-18-11-3-1-2-4-12(11)19(14)13(8)17-7-9/h1-7H,(H,20,21). The number of carbonyl (C=O) groups is 1. The Morgan fingerprint density at radius 3 is 2.81 bits per heavy atom. The van der Waals surface area contributed by atoms with Crippen molar-refractivity contribution in [3.8, 4) is 0 Å². The second-order valence-electron chi connectivity index (χ2n) is 4.69. The van der Waals surface area contributed by atoms with Crippen LogP contribution in [0.15, 0.2) is 42.6 Å². The summed E-state index contributed by atoms with van der Waals surface area (Å²) in [5.74, 6) is -1.62. The van der Waals surface area contributed by atoms with E-state index in [0.29, 0.717) is 22.2 Å². The van der Waals surface area contributed by atoms with E-state index < -0.39 is 11.8 Å². The summed E-state index contributed by atoms with van der Waals surface area (Å²) in [7, 11) is 0. The number of pyridine rings is 2. The lowest BCUT2D eigenvalue weighted by Gasteiger charge is -2.05. The number of halogens is 1. The Balaban J connectivity index is 2.35. The predicted octanol–water partition coefficient (Wildman–Crippen LogP) is 2.87. The predicted molar refractivity (Wildman–Crippen MR) is 74.9 cm³/mol. The van der Waals surface area contributed by atoms with Gasteiger partial charge in [0.25, 0.3) is 0 Å². The van der Waals surface area contributed by atoms with Crippen molar-refractivity contribution < 1.29 is 14.3 Å². The molecule has 4 aromatic rings. The molecule has 0 saturated heterocycles. The Hall–Kier alpha value is -3.02. The normalized spacial score (nSPS) is 11.5. The Kier molecular flexibility index (Phi) is 2.24. The SMILES string of the molecule is O=C(O)c1cc2cc(F)cnc2n2c1nc1ccccc12. The first kappa shape index (κ1) is 11.8. The molecule has 0 fully saturated rings. The minimum absolute atomic E-state index is 0.0195. The summed E-state index contributed by atoms with van der Waals surface area (Å²) in [6.45, 7) is 0. The molecule has 0 unspecified atom stereocenters. The van der Waals surface area contributed by atoms with Gasteiger partial charge in [0.1, 0.15) is 17.0 Å². The molecule has 6 heteroatoms. The van der Waals surface area contributed by atoms with Crippen LogP contribution in [0.4, 0.5) is 4.39 Å². The number of hydrogen-bond acceptors (Lipinski definition) is 3. The van der Waals surface area contributed by atoms with E-state index in [4.69, 9.17) is 0 Å². The lowest BCUT2D eigenvalue weighted by Crippen LogP contribution is -2.03. The molecule has 0 atom stereocenters. The average Bonchev–Trinajstić information content (AvgIpc) is 2.85. The van der Waals surface area contributed by atoms with Crippen LogP contribution in [0, 0.1) is 5.82 Å². The van der Waals surface area contributed by atoms with Crippen LogP contribution in [0.3, 0.4) is 0 Å². The molecule has 0 bridgehead atoms. The molecule has 0 aliphatic rings. The highest BCUT2D eigenvalue weighted by atomic mass is 19.1. The van der Waals surface area contributed by atoms with Crippen LogP contribution in [0.25, 0.3) is 27.7 Å². The van der Waals surface area contributed by atoms with Crippen molar-refractivity contribution in [3.63, 3.8) is 0 Å². The molecule has 0 aliphatic carbocycles. The third kappa shape index (κ3) is 1.59. The fourth-order valence-electron chi connectivity index (χ4n) is 2.54. The summed E-state index contributed by atoms with van der Waals surface area (Å²) in [6.07, 6.45) is 1.11. The van der Waals surface area contributed by atoms with Crippen molar-refractivity contribution in [2.24, 2.45) is 0 Å². The van der Waals surface area contributed by atoms with Crippen LogP contribution in [0.5, 0.6) is 0 Å². The van der Waals surface area contributed by atoms with E-state index in [1.54, 1.807) is 10.5 Å². The number of para-hydroxylation sites is 2. The van der Waals surface area contributed by atoms with E-state index in [1.807, 2.05) is 18.2 Å². The summed E-state index contributed by atoms with van der Waals surface area (Å²) in [5.41, 5.74) is 2.20. The van der Waals surface area contributed by atoms with Gasteiger partial charge in [-0.05, 0) is 24.3 Å². The van der Waals surface area contributed by atoms with Gasteiger partial charge in [-0.15, -0.1) is 0 Å². The Morgan fingerprint density at radius 2 is 2.00 bits per heavy atom. The molecule has 102 valence electrons. The largest absolute Gasteiger partial charge is 0.478 e. The van der Waals surface area contributed by atoms with Gasteiger partial charge in [0.15, 0.2) is 5.65 Å². The van der Waals surface area contributed by atoms with Gasteiger partial charge in [-0.1, -0.05) is 12.1 Å². The first-order chi connectivity index (χ1) is 10.1. The van der Waals surface area contributed by atoms with Crippen molar-refractivity contribution in [2.75, 3.05) is 0 Å². The number of benzene rings is 1. The molecule has 0 amide bonds. The summed E-state index contributed by atoms with van der Waals surface area (Å²) in [5, 5.41) is 9.79. The zero-order valence-electron chi connectivity index (χ0n) is 10.6. The highest BCUT2D eigenvalue weighted by Gasteiger charge is 2.17. The molecule has 3 aromatic heterocycles. The number of imidazole rings is 1. The zero-order valence-corrected chi connectivity index (χ0v) is 10.6. The number of hydrogen-bond donors (Lipinski definition) is 1. The Morgan fingerprint density at radius 1 is 1.19 bits per heavy atom. The number of aromatic nitrogens is 3. The fraction of sp³-hybridized carbons (Fsp3) is 0. The molecule has 21 heavy (non-hydrogen) atoms. The molecule has 0 saturated carbocycles. The van der Waals surface area contributed by atoms with E-state index >= 15 is 0 Å². The number of fused-ring (bicyclic) bond motifs is 5. The minimum atomic E-state index is -1.11. The molecular weight excluding hydrogens is 273 g/mol. The molecule has 1 aromatic carbocycles. The van der Waals surface area contributed by atoms with Gasteiger partial charge in [-0.25, -0.2) is 19.2 Å². The third-order valence-corrected chi connectivity index (χ3v) is 3.41. The lowest BCUT2D eigenvalue weighted by atomic mass is 10.2. The minimum Gasteiger partial charge on any atom is -0.478 e. The van der Waals surface area contributed by atoms with Gasteiger partial charge in [-0.3, -0.25) is 4.40 Å². The van der Waals surface area contributed by atoms with Gasteiger partial charge < -0.3 is 5.11 Å². The van der Waals surface area contributed by atoms with E-state index in [-0.39, 0.29) is 5.56 Å². The van der Waals surface area contributed by atoms with Gasteiger partial charge in [0.05, 0.1) is 17.2 Å². The van der Waals surface area contributed by atoms with E-state index in [1.165, 1.54) is 12.1 Å². The maximum Gasteiger partial charge on any atom is 0.339 e. The maximum absolute atomic E-state index is 13.4. The van der Waals surface area contributed by atoms with Crippen LogP contribution in [0.1, 0.15) is 10.4 Å². The lowest BCUT2D eigenvalue weighted by molar-refractivity contribution is 0.0698.